The molecular weight excluding hydrogens is 440 g/mol. The summed E-state index contributed by atoms with van der Waals surface area (Å²) in [6.07, 6.45) is 0. The molecule has 36 heavy (non-hydrogen) atoms. The highest BCUT2D eigenvalue weighted by Gasteiger charge is 2.17. The third kappa shape index (κ3) is 2.67. The van der Waals surface area contributed by atoms with Crippen LogP contribution in [-0.2, 0) is 0 Å². The zero-order valence-electron chi connectivity index (χ0n) is 19.4. The smallest absolute Gasteiger partial charge is 0.143 e. The summed E-state index contributed by atoms with van der Waals surface area (Å²) in [5.41, 5.74) is 8.22. The van der Waals surface area contributed by atoms with Crippen LogP contribution in [0.5, 0.6) is 0 Å². The zero-order chi connectivity index (χ0) is 23.6. The van der Waals surface area contributed by atoms with Crippen molar-refractivity contribution in [3.63, 3.8) is 0 Å². The number of para-hydroxylation sites is 4. The molecule has 0 N–H and O–H groups in total. The van der Waals surface area contributed by atoms with Crippen LogP contribution in [0.2, 0.25) is 0 Å². The molecule has 8 aromatic rings. The van der Waals surface area contributed by atoms with Crippen LogP contribution < -0.4 is 0 Å². The quantitative estimate of drug-likeness (QED) is 0.256. The van der Waals surface area contributed by atoms with Crippen LogP contribution in [0, 0.1) is 0 Å². The van der Waals surface area contributed by atoms with E-state index in [1.54, 1.807) is 0 Å². The van der Waals surface area contributed by atoms with Crippen molar-refractivity contribution in [3.8, 4) is 22.3 Å². The molecule has 0 fully saturated rings. The fourth-order valence-corrected chi connectivity index (χ4v) is 5.69. The van der Waals surface area contributed by atoms with E-state index in [2.05, 4.69) is 97.1 Å². The van der Waals surface area contributed by atoms with E-state index in [0.29, 0.717) is 0 Å². The van der Waals surface area contributed by atoms with Gasteiger partial charge in [0.2, 0.25) is 0 Å². The monoisotopic (exact) mass is 460 g/mol. The lowest BCUT2D eigenvalue weighted by Crippen LogP contribution is -1.87. The van der Waals surface area contributed by atoms with Gasteiger partial charge in [-0.25, -0.2) is 0 Å². The van der Waals surface area contributed by atoms with E-state index in [1.807, 2.05) is 24.3 Å². The fraction of sp³-hybridized carbons (Fsp3) is 0. The molecular formula is C34H20O2. The van der Waals surface area contributed by atoms with Crippen molar-refractivity contribution in [2.75, 3.05) is 0 Å². The van der Waals surface area contributed by atoms with Gasteiger partial charge in [-0.2, -0.15) is 0 Å². The molecule has 0 atom stereocenters. The van der Waals surface area contributed by atoms with Crippen LogP contribution in [0.1, 0.15) is 0 Å². The molecule has 0 radical (unpaired) electrons. The number of furan rings is 2. The van der Waals surface area contributed by atoms with E-state index in [1.165, 1.54) is 10.8 Å². The first kappa shape index (κ1) is 19.5. The Hall–Kier alpha value is -4.82. The van der Waals surface area contributed by atoms with Crippen LogP contribution in [0.25, 0.3) is 76.9 Å². The lowest BCUT2D eigenvalue weighted by atomic mass is 9.91. The van der Waals surface area contributed by atoms with Crippen molar-refractivity contribution in [2.45, 2.75) is 0 Å². The van der Waals surface area contributed by atoms with Gasteiger partial charge >= 0.3 is 0 Å². The first-order valence-corrected chi connectivity index (χ1v) is 12.2. The molecule has 0 aliphatic carbocycles. The summed E-state index contributed by atoms with van der Waals surface area (Å²) in [6.45, 7) is 0. The Labute approximate surface area is 207 Å². The number of benzene rings is 6. The highest BCUT2D eigenvalue weighted by atomic mass is 16.3. The molecule has 8 rings (SSSR count). The Morgan fingerprint density at radius 1 is 0.278 bits per heavy atom. The van der Waals surface area contributed by atoms with Crippen LogP contribution in [0.4, 0.5) is 0 Å². The molecule has 0 amide bonds. The number of rotatable bonds is 2. The lowest BCUT2D eigenvalue weighted by Gasteiger charge is -2.13. The summed E-state index contributed by atoms with van der Waals surface area (Å²) >= 11 is 0. The third-order valence-corrected chi connectivity index (χ3v) is 7.31. The van der Waals surface area contributed by atoms with Crippen molar-refractivity contribution in [2.24, 2.45) is 0 Å². The summed E-state index contributed by atoms with van der Waals surface area (Å²) in [4.78, 5) is 0. The molecule has 0 unspecified atom stereocenters. The van der Waals surface area contributed by atoms with E-state index < -0.39 is 0 Å². The maximum atomic E-state index is 6.38. The normalized spacial score (nSPS) is 11.9. The molecule has 0 spiro atoms. The minimum Gasteiger partial charge on any atom is -0.455 e. The number of fused-ring (bicyclic) bond motifs is 7. The van der Waals surface area contributed by atoms with E-state index in [4.69, 9.17) is 8.83 Å². The topological polar surface area (TPSA) is 26.3 Å². The molecule has 0 saturated heterocycles. The highest BCUT2D eigenvalue weighted by Crippen LogP contribution is 2.43. The Morgan fingerprint density at radius 2 is 0.667 bits per heavy atom. The van der Waals surface area contributed by atoms with E-state index in [9.17, 15) is 0 Å². The van der Waals surface area contributed by atoms with E-state index in [-0.39, 0.29) is 0 Å². The largest absolute Gasteiger partial charge is 0.455 e. The van der Waals surface area contributed by atoms with Crippen LogP contribution in [0.3, 0.4) is 0 Å². The van der Waals surface area contributed by atoms with Gasteiger partial charge in [0.25, 0.3) is 0 Å². The first-order chi connectivity index (χ1) is 17.9. The maximum Gasteiger partial charge on any atom is 0.143 e. The summed E-state index contributed by atoms with van der Waals surface area (Å²) in [5, 5.41) is 6.96. The maximum absolute atomic E-state index is 6.38. The van der Waals surface area contributed by atoms with Gasteiger partial charge in [-0.15, -0.1) is 0 Å². The fourth-order valence-electron chi connectivity index (χ4n) is 5.69. The van der Waals surface area contributed by atoms with Gasteiger partial charge in [-0.3, -0.25) is 0 Å². The van der Waals surface area contributed by atoms with Gasteiger partial charge in [0.1, 0.15) is 22.3 Å². The van der Waals surface area contributed by atoms with Crippen LogP contribution >= 0.6 is 0 Å². The molecule has 2 nitrogen and oxygen atoms in total. The van der Waals surface area contributed by atoms with Crippen LogP contribution in [0.15, 0.2) is 130 Å². The molecule has 168 valence electrons. The van der Waals surface area contributed by atoms with Crippen LogP contribution in [-0.4, -0.2) is 0 Å². The van der Waals surface area contributed by atoms with Gasteiger partial charge in [-0.05, 0) is 34.0 Å². The standard InChI is InChI=1S/C34H20O2/c1-2-10-22-21(9-1)23(27-13-7-15-29-25-11-3-5-17-31(25)35-33(27)29)19-20-24(22)28-14-8-16-30-26-12-4-6-18-32(26)36-34(28)30/h1-20H. The summed E-state index contributed by atoms with van der Waals surface area (Å²) in [6, 6.07) is 42.4. The minimum atomic E-state index is 0.914. The highest BCUT2D eigenvalue weighted by molar-refractivity contribution is 6.16. The summed E-state index contributed by atoms with van der Waals surface area (Å²) in [7, 11) is 0. The van der Waals surface area contributed by atoms with Crippen molar-refractivity contribution >= 4 is 54.6 Å². The molecule has 0 bridgehead atoms. The molecule has 0 aliphatic rings. The number of hydrogen-bond acceptors (Lipinski definition) is 2. The Bertz CT molecular complexity index is 1950. The second-order valence-corrected chi connectivity index (χ2v) is 9.27. The first-order valence-electron chi connectivity index (χ1n) is 12.2. The van der Waals surface area contributed by atoms with Gasteiger partial charge in [0.15, 0.2) is 0 Å². The van der Waals surface area contributed by atoms with E-state index in [0.717, 1.165) is 66.1 Å². The second kappa shape index (κ2) is 7.34. The molecule has 2 heteroatoms. The average Bonchev–Trinajstić information content (AvgIpc) is 3.51. The van der Waals surface area contributed by atoms with Gasteiger partial charge in [-0.1, -0.05) is 109 Å². The van der Waals surface area contributed by atoms with Crippen molar-refractivity contribution in [3.05, 3.63) is 121 Å². The Morgan fingerprint density at radius 3 is 1.14 bits per heavy atom. The zero-order valence-corrected chi connectivity index (χ0v) is 19.4. The third-order valence-electron chi connectivity index (χ3n) is 7.31. The van der Waals surface area contributed by atoms with Crippen molar-refractivity contribution in [1.29, 1.82) is 0 Å². The summed E-state index contributed by atoms with van der Waals surface area (Å²) < 4.78 is 12.8. The lowest BCUT2D eigenvalue weighted by molar-refractivity contribution is 0.669. The second-order valence-electron chi connectivity index (χ2n) is 9.27. The van der Waals surface area contributed by atoms with Gasteiger partial charge < -0.3 is 8.83 Å². The SMILES string of the molecule is c1ccc2c(c1)oc1c(-c3ccc(-c4cccc5c4oc4ccccc45)c4ccccc34)cccc12. The Balaban J connectivity index is 1.42. The number of hydrogen-bond donors (Lipinski definition) is 0. The van der Waals surface area contributed by atoms with Crippen molar-refractivity contribution < 1.29 is 8.83 Å². The molecule has 0 saturated carbocycles. The van der Waals surface area contributed by atoms with Gasteiger partial charge in [0.05, 0.1) is 0 Å². The molecule has 6 aromatic carbocycles. The van der Waals surface area contributed by atoms with E-state index >= 15 is 0 Å². The predicted octanol–water partition coefficient (Wildman–Crippen LogP) is 9.97. The summed E-state index contributed by atoms with van der Waals surface area (Å²) in [5.74, 6) is 0. The predicted molar refractivity (Wildman–Crippen MR) is 149 cm³/mol. The van der Waals surface area contributed by atoms with Gasteiger partial charge in [0, 0.05) is 32.7 Å². The molecule has 2 heterocycles. The molecule has 2 aromatic heterocycles. The minimum absolute atomic E-state index is 0.914. The molecule has 0 aliphatic heterocycles. The Kier molecular flexibility index (Phi) is 3.97. The van der Waals surface area contributed by atoms with Crippen molar-refractivity contribution in [1.82, 2.24) is 0 Å². The average molecular weight is 461 g/mol.